The monoisotopic (exact) mass is 287 g/mol. The first-order valence-corrected chi connectivity index (χ1v) is 5.97. The molecule has 0 aromatic heterocycles. The molecule has 1 aromatic carbocycles. The molecule has 1 heterocycles. The summed E-state index contributed by atoms with van der Waals surface area (Å²) < 4.78 is 27.0. The molecular formula is C13H15F2NO4. The van der Waals surface area contributed by atoms with Crippen molar-refractivity contribution in [2.45, 2.75) is 24.8 Å². The smallest absolute Gasteiger partial charge is 0.414 e. The number of carbonyl (C=O) groups is 2. The van der Waals surface area contributed by atoms with Crippen LogP contribution in [0.15, 0.2) is 30.3 Å². The highest BCUT2D eigenvalue weighted by molar-refractivity contribution is 6.27. The summed E-state index contributed by atoms with van der Waals surface area (Å²) in [6, 6.07) is 8.11. The Morgan fingerprint density at radius 3 is 2.15 bits per heavy atom. The topological polar surface area (TPSA) is 86.6 Å². The maximum Gasteiger partial charge on any atom is 0.414 e. The maximum atomic E-state index is 13.5. The van der Waals surface area contributed by atoms with Crippen LogP contribution in [-0.4, -0.2) is 34.6 Å². The molecule has 1 unspecified atom stereocenters. The lowest BCUT2D eigenvalue weighted by Crippen LogP contribution is -2.42. The van der Waals surface area contributed by atoms with Crippen LogP contribution >= 0.6 is 0 Å². The van der Waals surface area contributed by atoms with Gasteiger partial charge in [-0.15, -0.1) is 0 Å². The van der Waals surface area contributed by atoms with E-state index in [0.29, 0.717) is 18.5 Å². The molecule has 0 radical (unpaired) electrons. The number of carboxylic acids is 2. The highest BCUT2D eigenvalue weighted by atomic mass is 19.3. The molecule has 0 amide bonds. The van der Waals surface area contributed by atoms with Crippen LogP contribution in [0.4, 0.5) is 8.78 Å². The van der Waals surface area contributed by atoms with E-state index in [9.17, 15) is 8.78 Å². The molecule has 7 heteroatoms. The lowest BCUT2D eigenvalue weighted by molar-refractivity contribution is -0.159. The quantitative estimate of drug-likeness (QED) is 0.687. The van der Waals surface area contributed by atoms with Gasteiger partial charge in [-0.1, -0.05) is 30.3 Å². The Hall–Kier alpha value is -2.02. The van der Waals surface area contributed by atoms with Gasteiger partial charge < -0.3 is 15.5 Å². The number of carboxylic acid groups (broad SMARTS) is 2. The van der Waals surface area contributed by atoms with E-state index >= 15 is 0 Å². The average Bonchev–Trinajstić information content (AvgIpc) is 2.40. The number of hydrogen-bond acceptors (Lipinski definition) is 3. The van der Waals surface area contributed by atoms with Gasteiger partial charge >= 0.3 is 11.9 Å². The first-order valence-electron chi connectivity index (χ1n) is 5.97. The number of nitrogens with one attached hydrogen (secondary N) is 1. The normalized spacial score (nSPS) is 20.4. The van der Waals surface area contributed by atoms with Gasteiger partial charge in [0.2, 0.25) is 0 Å². The Bertz CT molecular complexity index is 453. The summed E-state index contributed by atoms with van der Waals surface area (Å²) in [4.78, 5) is 18.2. The Balaban J connectivity index is 0.000000286. The molecule has 1 atom stereocenters. The highest BCUT2D eigenvalue weighted by Gasteiger charge is 2.41. The van der Waals surface area contributed by atoms with Gasteiger partial charge in [-0.3, -0.25) is 0 Å². The second kappa shape index (κ2) is 6.95. The minimum Gasteiger partial charge on any atom is -0.473 e. The zero-order valence-corrected chi connectivity index (χ0v) is 10.6. The van der Waals surface area contributed by atoms with Gasteiger partial charge in [0.05, 0.1) is 6.04 Å². The largest absolute Gasteiger partial charge is 0.473 e. The van der Waals surface area contributed by atoms with Crippen LogP contribution in [0.5, 0.6) is 0 Å². The van der Waals surface area contributed by atoms with Crippen molar-refractivity contribution in [3.8, 4) is 0 Å². The molecule has 20 heavy (non-hydrogen) atoms. The third kappa shape index (κ3) is 4.58. The zero-order chi connectivity index (χ0) is 15.2. The number of benzene rings is 1. The first kappa shape index (κ1) is 16.0. The molecule has 5 nitrogen and oxygen atoms in total. The second-order valence-corrected chi connectivity index (χ2v) is 4.27. The molecule has 0 aliphatic carbocycles. The van der Waals surface area contributed by atoms with Gasteiger partial charge in [0.15, 0.2) is 0 Å². The first-order chi connectivity index (χ1) is 9.34. The fourth-order valence-corrected chi connectivity index (χ4v) is 1.87. The SMILES string of the molecule is FC1(F)CCCNC1c1ccccc1.O=C(O)C(=O)O. The van der Waals surface area contributed by atoms with Crippen molar-refractivity contribution in [2.24, 2.45) is 0 Å². The summed E-state index contributed by atoms with van der Waals surface area (Å²) in [6.07, 6.45) is 0.538. The number of hydrogen-bond donors (Lipinski definition) is 3. The van der Waals surface area contributed by atoms with E-state index < -0.39 is 23.9 Å². The Labute approximate surface area is 114 Å². The number of alkyl halides is 2. The van der Waals surface area contributed by atoms with Crippen molar-refractivity contribution in [3.05, 3.63) is 35.9 Å². The minimum absolute atomic E-state index is 0.0143. The molecule has 1 saturated heterocycles. The summed E-state index contributed by atoms with van der Waals surface area (Å²) in [5.74, 6) is -6.26. The summed E-state index contributed by atoms with van der Waals surface area (Å²) in [5.41, 5.74) is 0.678. The van der Waals surface area contributed by atoms with Gasteiger partial charge in [-0.05, 0) is 18.5 Å². The van der Waals surface area contributed by atoms with E-state index in [1.165, 1.54) is 0 Å². The molecule has 1 fully saturated rings. The Morgan fingerprint density at radius 1 is 1.15 bits per heavy atom. The zero-order valence-electron chi connectivity index (χ0n) is 10.6. The summed E-state index contributed by atoms with van der Waals surface area (Å²) in [5, 5.41) is 17.7. The molecule has 1 aliphatic heterocycles. The van der Waals surface area contributed by atoms with Crippen molar-refractivity contribution in [1.29, 1.82) is 0 Å². The van der Waals surface area contributed by atoms with E-state index in [4.69, 9.17) is 19.8 Å². The molecule has 110 valence electrons. The minimum atomic E-state index is -2.61. The maximum absolute atomic E-state index is 13.5. The van der Waals surface area contributed by atoms with Crippen LogP contribution in [0.25, 0.3) is 0 Å². The van der Waals surface area contributed by atoms with Crippen molar-refractivity contribution in [1.82, 2.24) is 5.32 Å². The van der Waals surface area contributed by atoms with Crippen LogP contribution in [-0.2, 0) is 9.59 Å². The molecular weight excluding hydrogens is 272 g/mol. The Kier molecular flexibility index (Phi) is 5.57. The molecule has 1 aromatic rings. The summed E-state index contributed by atoms with van der Waals surface area (Å²) in [6.45, 7) is 0.676. The van der Waals surface area contributed by atoms with Crippen LogP contribution in [0, 0.1) is 0 Å². The molecule has 1 aliphatic rings. The van der Waals surface area contributed by atoms with Crippen LogP contribution < -0.4 is 5.32 Å². The van der Waals surface area contributed by atoms with Crippen LogP contribution in [0.2, 0.25) is 0 Å². The van der Waals surface area contributed by atoms with E-state index in [1.807, 2.05) is 6.07 Å². The van der Waals surface area contributed by atoms with Crippen molar-refractivity contribution in [2.75, 3.05) is 6.54 Å². The van der Waals surface area contributed by atoms with E-state index in [1.54, 1.807) is 24.3 Å². The summed E-state index contributed by atoms with van der Waals surface area (Å²) in [7, 11) is 0. The van der Waals surface area contributed by atoms with Gasteiger partial charge in [0, 0.05) is 6.42 Å². The number of piperidine rings is 1. The molecule has 0 bridgehead atoms. The average molecular weight is 287 g/mol. The highest BCUT2D eigenvalue weighted by Crippen LogP contribution is 2.37. The third-order valence-electron chi connectivity index (χ3n) is 2.77. The van der Waals surface area contributed by atoms with Gasteiger partial charge in [-0.25, -0.2) is 18.4 Å². The van der Waals surface area contributed by atoms with Crippen LogP contribution in [0.3, 0.4) is 0 Å². The standard InChI is InChI=1S/C11H13F2N.C2H2O4/c12-11(13)7-4-8-14-10(11)9-5-2-1-3-6-9;3-1(4)2(5)6/h1-3,5-6,10,14H,4,7-8H2;(H,3,4)(H,5,6). The van der Waals surface area contributed by atoms with Crippen molar-refractivity contribution in [3.63, 3.8) is 0 Å². The number of halogens is 2. The fraction of sp³-hybridized carbons (Fsp3) is 0.385. The summed E-state index contributed by atoms with van der Waals surface area (Å²) >= 11 is 0. The lowest BCUT2D eigenvalue weighted by Gasteiger charge is -2.32. The molecule has 2 rings (SSSR count). The fourth-order valence-electron chi connectivity index (χ4n) is 1.87. The second-order valence-electron chi connectivity index (χ2n) is 4.27. The van der Waals surface area contributed by atoms with Gasteiger partial charge in [0.25, 0.3) is 5.92 Å². The Morgan fingerprint density at radius 2 is 1.70 bits per heavy atom. The van der Waals surface area contributed by atoms with E-state index in [2.05, 4.69) is 5.32 Å². The predicted octanol–water partition coefficient (Wildman–Crippen LogP) is 1.90. The van der Waals surface area contributed by atoms with E-state index in [0.717, 1.165) is 0 Å². The van der Waals surface area contributed by atoms with Gasteiger partial charge in [-0.2, -0.15) is 0 Å². The van der Waals surface area contributed by atoms with Crippen molar-refractivity contribution < 1.29 is 28.6 Å². The van der Waals surface area contributed by atoms with Crippen molar-refractivity contribution >= 4 is 11.9 Å². The third-order valence-corrected chi connectivity index (χ3v) is 2.77. The number of aliphatic carboxylic acids is 2. The van der Waals surface area contributed by atoms with E-state index in [-0.39, 0.29) is 6.42 Å². The molecule has 0 saturated carbocycles. The lowest BCUT2D eigenvalue weighted by atomic mass is 9.94. The number of rotatable bonds is 1. The molecule has 0 spiro atoms. The van der Waals surface area contributed by atoms with Gasteiger partial charge in [0.1, 0.15) is 0 Å². The predicted molar refractivity (Wildman–Crippen MR) is 66.6 cm³/mol. The van der Waals surface area contributed by atoms with Crippen LogP contribution in [0.1, 0.15) is 24.4 Å². The molecule has 3 N–H and O–H groups in total.